The van der Waals surface area contributed by atoms with Crippen LogP contribution in [0.25, 0.3) is 0 Å². The van der Waals surface area contributed by atoms with Crippen molar-refractivity contribution < 1.29 is 13.2 Å². The number of hydrogen-bond donors (Lipinski definition) is 0. The third-order valence-corrected chi connectivity index (χ3v) is 7.74. The van der Waals surface area contributed by atoms with Crippen LogP contribution in [0.15, 0.2) is 53.4 Å². The van der Waals surface area contributed by atoms with Crippen LogP contribution in [0, 0.1) is 11.3 Å². The first-order valence-corrected chi connectivity index (χ1v) is 12.3. The van der Waals surface area contributed by atoms with Gasteiger partial charge < -0.3 is 4.90 Å². The van der Waals surface area contributed by atoms with Crippen molar-refractivity contribution in [3.05, 3.63) is 64.7 Å². The van der Waals surface area contributed by atoms with Crippen molar-refractivity contribution in [2.24, 2.45) is 0 Å². The van der Waals surface area contributed by atoms with E-state index < -0.39 is 10.0 Å². The van der Waals surface area contributed by atoms with Gasteiger partial charge in [-0.1, -0.05) is 23.7 Å². The molecule has 7 nitrogen and oxygen atoms in total. The standard InChI is InChI=1S/C23H27ClN4O3S/c1-18(2)27(16-20-5-3-19(15-25)4-6-20)17-23(29)26-11-13-28(14-12-26)32(30,31)22-9-7-21(24)8-10-22/h3-10,18H,11-14,16-17H2,1-2H3. The van der Waals surface area contributed by atoms with Crippen molar-refractivity contribution in [1.82, 2.24) is 14.1 Å². The molecular weight excluding hydrogens is 448 g/mol. The molecule has 1 aliphatic rings. The molecule has 0 radical (unpaired) electrons. The molecule has 9 heteroatoms. The molecule has 1 heterocycles. The second-order valence-electron chi connectivity index (χ2n) is 8.05. The monoisotopic (exact) mass is 474 g/mol. The predicted molar refractivity (Wildman–Crippen MR) is 123 cm³/mol. The fourth-order valence-corrected chi connectivity index (χ4v) is 5.10. The topological polar surface area (TPSA) is 84.7 Å². The molecule has 0 aliphatic carbocycles. The largest absolute Gasteiger partial charge is 0.339 e. The van der Waals surface area contributed by atoms with E-state index in [0.29, 0.717) is 30.2 Å². The molecule has 2 aromatic carbocycles. The number of sulfonamides is 1. The minimum atomic E-state index is -3.61. The van der Waals surface area contributed by atoms with Crippen molar-refractivity contribution in [2.75, 3.05) is 32.7 Å². The van der Waals surface area contributed by atoms with E-state index >= 15 is 0 Å². The number of nitriles is 1. The van der Waals surface area contributed by atoms with Crippen LogP contribution in [0.2, 0.25) is 5.02 Å². The zero-order chi connectivity index (χ0) is 23.3. The summed E-state index contributed by atoms with van der Waals surface area (Å²) in [7, 11) is -3.61. The third kappa shape index (κ3) is 5.87. The first kappa shape index (κ1) is 24.2. The quantitative estimate of drug-likeness (QED) is 0.616. The predicted octanol–water partition coefficient (Wildman–Crippen LogP) is 2.96. The molecule has 0 saturated carbocycles. The highest BCUT2D eigenvalue weighted by molar-refractivity contribution is 7.89. The highest BCUT2D eigenvalue weighted by Gasteiger charge is 2.30. The first-order valence-electron chi connectivity index (χ1n) is 10.5. The lowest BCUT2D eigenvalue weighted by molar-refractivity contribution is -0.134. The Balaban J connectivity index is 1.58. The van der Waals surface area contributed by atoms with Crippen LogP contribution in [0.5, 0.6) is 0 Å². The molecule has 0 N–H and O–H groups in total. The maximum Gasteiger partial charge on any atom is 0.243 e. The number of hydrogen-bond acceptors (Lipinski definition) is 5. The third-order valence-electron chi connectivity index (χ3n) is 5.58. The van der Waals surface area contributed by atoms with Crippen molar-refractivity contribution in [3.8, 4) is 6.07 Å². The van der Waals surface area contributed by atoms with Gasteiger partial charge in [-0.15, -0.1) is 0 Å². The summed E-state index contributed by atoms with van der Waals surface area (Å²) in [5.74, 6) is -0.0177. The summed E-state index contributed by atoms with van der Waals surface area (Å²) in [5.41, 5.74) is 1.64. The highest BCUT2D eigenvalue weighted by atomic mass is 35.5. The number of amides is 1. The normalized spacial score (nSPS) is 15.2. The zero-order valence-electron chi connectivity index (χ0n) is 18.2. The van der Waals surface area contributed by atoms with E-state index in [-0.39, 0.29) is 36.5 Å². The van der Waals surface area contributed by atoms with Crippen LogP contribution in [-0.2, 0) is 21.4 Å². The lowest BCUT2D eigenvalue weighted by Gasteiger charge is -2.36. The molecule has 0 atom stereocenters. The van der Waals surface area contributed by atoms with Crippen LogP contribution >= 0.6 is 11.6 Å². The van der Waals surface area contributed by atoms with Gasteiger partial charge in [0.1, 0.15) is 0 Å². The molecule has 0 bridgehead atoms. The Morgan fingerprint density at radius 3 is 2.19 bits per heavy atom. The lowest BCUT2D eigenvalue weighted by Crippen LogP contribution is -2.53. The molecule has 0 aromatic heterocycles. The van der Waals surface area contributed by atoms with Crippen molar-refractivity contribution in [2.45, 2.75) is 31.3 Å². The van der Waals surface area contributed by atoms with Crippen LogP contribution < -0.4 is 0 Å². The van der Waals surface area contributed by atoms with E-state index in [0.717, 1.165) is 5.56 Å². The number of carbonyl (C=O) groups is 1. The van der Waals surface area contributed by atoms with Gasteiger partial charge in [0.2, 0.25) is 15.9 Å². The Bertz CT molecular complexity index is 1070. The molecule has 1 amide bonds. The summed E-state index contributed by atoms with van der Waals surface area (Å²) in [6, 6.07) is 15.7. The van der Waals surface area contributed by atoms with E-state index in [4.69, 9.17) is 16.9 Å². The lowest BCUT2D eigenvalue weighted by atomic mass is 10.1. The number of carbonyl (C=O) groups excluding carboxylic acids is 1. The zero-order valence-corrected chi connectivity index (χ0v) is 19.8. The Morgan fingerprint density at radius 2 is 1.66 bits per heavy atom. The molecule has 1 aliphatic heterocycles. The summed E-state index contributed by atoms with van der Waals surface area (Å²) in [5, 5.41) is 9.43. The van der Waals surface area contributed by atoms with Gasteiger partial charge in [-0.25, -0.2) is 8.42 Å². The fourth-order valence-electron chi connectivity index (χ4n) is 3.55. The number of nitrogens with zero attached hydrogens (tertiary/aromatic N) is 4. The number of rotatable bonds is 7. The Hall–Kier alpha value is -2.44. The number of benzene rings is 2. The Labute approximate surface area is 194 Å². The van der Waals surface area contributed by atoms with Crippen molar-refractivity contribution in [3.63, 3.8) is 0 Å². The maximum absolute atomic E-state index is 12.9. The highest BCUT2D eigenvalue weighted by Crippen LogP contribution is 2.20. The van der Waals surface area contributed by atoms with E-state index in [1.54, 1.807) is 29.2 Å². The average molecular weight is 475 g/mol. The summed E-state index contributed by atoms with van der Waals surface area (Å²) < 4.78 is 27.1. The van der Waals surface area contributed by atoms with Gasteiger partial charge in [-0.3, -0.25) is 9.69 Å². The maximum atomic E-state index is 12.9. The molecule has 1 fully saturated rings. The van der Waals surface area contributed by atoms with Crippen LogP contribution in [-0.4, -0.2) is 67.2 Å². The molecule has 32 heavy (non-hydrogen) atoms. The second kappa shape index (κ2) is 10.5. The summed E-state index contributed by atoms with van der Waals surface area (Å²) >= 11 is 5.86. The summed E-state index contributed by atoms with van der Waals surface area (Å²) in [4.78, 5) is 16.9. The molecule has 0 spiro atoms. The van der Waals surface area contributed by atoms with Crippen molar-refractivity contribution >= 4 is 27.5 Å². The van der Waals surface area contributed by atoms with Gasteiger partial charge in [0.05, 0.1) is 23.1 Å². The smallest absolute Gasteiger partial charge is 0.243 e. The van der Waals surface area contributed by atoms with E-state index in [1.807, 2.05) is 26.0 Å². The van der Waals surface area contributed by atoms with Gasteiger partial charge in [0, 0.05) is 43.8 Å². The minimum absolute atomic E-state index is 0.0177. The molecule has 2 aromatic rings. The van der Waals surface area contributed by atoms with Gasteiger partial charge in [-0.2, -0.15) is 9.57 Å². The van der Waals surface area contributed by atoms with Gasteiger partial charge >= 0.3 is 0 Å². The Kier molecular flexibility index (Phi) is 7.91. The first-order chi connectivity index (χ1) is 15.2. The van der Waals surface area contributed by atoms with Gasteiger partial charge in [0.25, 0.3) is 0 Å². The van der Waals surface area contributed by atoms with E-state index in [1.165, 1.54) is 16.4 Å². The van der Waals surface area contributed by atoms with E-state index in [2.05, 4.69) is 11.0 Å². The van der Waals surface area contributed by atoms with Gasteiger partial charge in [-0.05, 0) is 55.8 Å². The molecular formula is C23H27ClN4O3S. The molecule has 1 saturated heterocycles. The fraction of sp³-hybridized carbons (Fsp3) is 0.391. The molecule has 0 unspecified atom stereocenters. The summed E-state index contributed by atoms with van der Waals surface area (Å²) in [6.07, 6.45) is 0. The second-order valence-corrected chi connectivity index (χ2v) is 10.4. The van der Waals surface area contributed by atoms with Crippen LogP contribution in [0.4, 0.5) is 0 Å². The SMILES string of the molecule is CC(C)N(CC(=O)N1CCN(S(=O)(=O)c2ccc(Cl)cc2)CC1)Cc1ccc(C#N)cc1. The number of piperazine rings is 1. The molecule has 3 rings (SSSR count). The molecule has 170 valence electrons. The number of halogens is 1. The Morgan fingerprint density at radius 1 is 1.06 bits per heavy atom. The minimum Gasteiger partial charge on any atom is -0.339 e. The van der Waals surface area contributed by atoms with Crippen LogP contribution in [0.3, 0.4) is 0 Å². The van der Waals surface area contributed by atoms with Gasteiger partial charge in [0.15, 0.2) is 0 Å². The summed E-state index contributed by atoms with van der Waals surface area (Å²) in [6.45, 7) is 6.15. The average Bonchev–Trinajstić information content (AvgIpc) is 2.79. The van der Waals surface area contributed by atoms with Crippen LogP contribution in [0.1, 0.15) is 25.0 Å². The van der Waals surface area contributed by atoms with Crippen molar-refractivity contribution in [1.29, 1.82) is 5.26 Å². The van der Waals surface area contributed by atoms with E-state index in [9.17, 15) is 13.2 Å².